The van der Waals surface area contributed by atoms with Gasteiger partial charge in [0.05, 0.1) is 0 Å². The summed E-state index contributed by atoms with van der Waals surface area (Å²) in [6.45, 7) is 3.70. The van der Waals surface area contributed by atoms with Crippen molar-refractivity contribution in [1.82, 2.24) is 0 Å². The van der Waals surface area contributed by atoms with Crippen LogP contribution in [-0.2, 0) is 4.79 Å². The third-order valence-corrected chi connectivity index (χ3v) is 3.67. The molecule has 0 aromatic rings. The minimum Gasteiger partial charge on any atom is -0.295 e. The fourth-order valence-electron chi connectivity index (χ4n) is 2.76. The summed E-state index contributed by atoms with van der Waals surface area (Å²) >= 11 is 0. The maximum absolute atomic E-state index is 11.2. The molecule has 2 rings (SSSR count). The van der Waals surface area contributed by atoms with Gasteiger partial charge in [0.15, 0.2) is 5.78 Å². The van der Waals surface area contributed by atoms with Crippen molar-refractivity contribution in [3.05, 3.63) is 11.1 Å². The smallest absolute Gasteiger partial charge is 0.155 e. The number of hydrogen-bond acceptors (Lipinski definition) is 1. The Morgan fingerprint density at radius 3 is 2.08 bits per heavy atom. The highest BCUT2D eigenvalue weighted by molar-refractivity contribution is 5.94. The fourth-order valence-corrected chi connectivity index (χ4v) is 2.76. The zero-order valence-electron chi connectivity index (χ0n) is 8.60. The lowest BCUT2D eigenvalue weighted by molar-refractivity contribution is -0.113. The number of carbonyl (C=O) groups excluding carboxylic acids is 1. The van der Waals surface area contributed by atoms with E-state index in [1.807, 2.05) is 6.92 Å². The van der Waals surface area contributed by atoms with Crippen molar-refractivity contribution in [2.24, 2.45) is 11.8 Å². The average molecular weight is 178 g/mol. The number of fused-ring (bicyclic) bond motifs is 1. The third kappa shape index (κ3) is 1.56. The maximum atomic E-state index is 11.2. The van der Waals surface area contributed by atoms with Gasteiger partial charge in [-0.1, -0.05) is 24.8 Å². The summed E-state index contributed by atoms with van der Waals surface area (Å²) in [6.07, 6.45) is 6.82. The topological polar surface area (TPSA) is 17.1 Å². The van der Waals surface area contributed by atoms with Crippen LogP contribution in [-0.4, -0.2) is 5.78 Å². The van der Waals surface area contributed by atoms with Crippen molar-refractivity contribution < 1.29 is 4.79 Å². The molecule has 0 radical (unpaired) electrons. The van der Waals surface area contributed by atoms with Crippen molar-refractivity contribution in [3.8, 4) is 0 Å². The van der Waals surface area contributed by atoms with E-state index in [1.54, 1.807) is 6.92 Å². The van der Waals surface area contributed by atoms with Crippen molar-refractivity contribution in [1.29, 1.82) is 0 Å². The van der Waals surface area contributed by atoms with E-state index in [9.17, 15) is 4.79 Å². The summed E-state index contributed by atoms with van der Waals surface area (Å²) in [5.74, 6) is 1.88. The van der Waals surface area contributed by atoms with Gasteiger partial charge in [0, 0.05) is 0 Å². The van der Waals surface area contributed by atoms with Gasteiger partial charge >= 0.3 is 0 Å². The van der Waals surface area contributed by atoms with Crippen LogP contribution in [0.4, 0.5) is 0 Å². The minimum absolute atomic E-state index is 0.281. The Kier molecular flexibility index (Phi) is 2.27. The van der Waals surface area contributed by atoms with Crippen LogP contribution in [0.1, 0.15) is 46.0 Å². The van der Waals surface area contributed by atoms with Crippen LogP contribution in [0.25, 0.3) is 0 Å². The van der Waals surface area contributed by atoms with Crippen LogP contribution in [0.5, 0.6) is 0 Å². The van der Waals surface area contributed by atoms with Gasteiger partial charge in [-0.05, 0) is 44.1 Å². The second-order valence-electron chi connectivity index (χ2n) is 4.49. The van der Waals surface area contributed by atoms with E-state index in [-0.39, 0.29) is 5.78 Å². The molecule has 2 atom stereocenters. The molecule has 0 aliphatic heterocycles. The van der Waals surface area contributed by atoms with Crippen molar-refractivity contribution in [2.75, 3.05) is 0 Å². The second-order valence-corrected chi connectivity index (χ2v) is 4.49. The first-order chi connectivity index (χ1) is 6.22. The molecule has 0 bridgehead atoms. The lowest BCUT2D eigenvalue weighted by Crippen LogP contribution is -1.92. The van der Waals surface area contributed by atoms with E-state index in [0.717, 1.165) is 17.4 Å². The molecule has 13 heavy (non-hydrogen) atoms. The van der Waals surface area contributed by atoms with Gasteiger partial charge < -0.3 is 0 Å². The van der Waals surface area contributed by atoms with Crippen molar-refractivity contribution in [2.45, 2.75) is 46.0 Å². The highest BCUT2D eigenvalue weighted by Gasteiger charge is 2.45. The highest BCUT2D eigenvalue weighted by Crippen LogP contribution is 2.55. The van der Waals surface area contributed by atoms with Gasteiger partial charge in [-0.3, -0.25) is 4.79 Å². The largest absolute Gasteiger partial charge is 0.295 e. The third-order valence-electron chi connectivity index (χ3n) is 3.67. The summed E-state index contributed by atoms with van der Waals surface area (Å²) in [4.78, 5) is 11.2. The van der Waals surface area contributed by atoms with E-state index in [0.29, 0.717) is 0 Å². The fraction of sp³-hybridized carbons (Fsp3) is 0.750. The SMILES string of the molecule is CC(=O)C(C)=C1C2CCCCCC12. The standard InChI is InChI=1S/C12H18O/c1-8(9(2)13)12-10-6-4-3-5-7-11(10)12/h10-11H,3-7H2,1-2H3. The van der Waals surface area contributed by atoms with E-state index < -0.39 is 0 Å². The number of carbonyl (C=O) groups is 1. The molecule has 1 nitrogen and oxygen atoms in total. The molecule has 2 saturated carbocycles. The van der Waals surface area contributed by atoms with Gasteiger partial charge in [-0.15, -0.1) is 0 Å². The molecule has 2 fully saturated rings. The molecule has 0 spiro atoms. The molecular formula is C12H18O. The summed E-state index contributed by atoms with van der Waals surface area (Å²) < 4.78 is 0. The Bertz CT molecular complexity index is 248. The number of Topliss-reactive ketones (excluding diaryl/α,β-unsaturated/α-hetero) is 1. The molecule has 0 N–H and O–H groups in total. The van der Waals surface area contributed by atoms with Crippen LogP contribution in [0, 0.1) is 11.8 Å². The Hall–Kier alpha value is -0.590. The zero-order valence-corrected chi connectivity index (χ0v) is 8.60. The van der Waals surface area contributed by atoms with Crippen LogP contribution in [0.2, 0.25) is 0 Å². The molecule has 0 heterocycles. The van der Waals surface area contributed by atoms with Crippen LogP contribution >= 0.6 is 0 Å². The Morgan fingerprint density at radius 1 is 1.08 bits per heavy atom. The van der Waals surface area contributed by atoms with E-state index >= 15 is 0 Å². The summed E-state index contributed by atoms with van der Waals surface area (Å²) in [5, 5.41) is 0. The number of hydrogen-bond donors (Lipinski definition) is 0. The molecular weight excluding hydrogens is 160 g/mol. The normalized spacial score (nSPS) is 32.0. The summed E-state index contributed by atoms with van der Waals surface area (Å²) in [6, 6.07) is 0. The Balaban J connectivity index is 2.13. The van der Waals surface area contributed by atoms with Crippen molar-refractivity contribution >= 4 is 5.78 Å². The average Bonchev–Trinajstić information content (AvgIpc) is 2.76. The minimum atomic E-state index is 0.281. The first-order valence-corrected chi connectivity index (χ1v) is 5.43. The maximum Gasteiger partial charge on any atom is 0.155 e. The highest BCUT2D eigenvalue weighted by atomic mass is 16.1. The van der Waals surface area contributed by atoms with Gasteiger partial charge in [0.2, 0.25) is 0 Å². The quantitative estimate of drug-likeness (QED) is 0.564. The van der Waals surface area contributed by atoms with E-state index in [4.69, 9.17) is 0 Å². The molecule has 2 aliphatic carbocycles. The van der Waals surface area contributed by atoms with Crippen LogP contribution in [0.3, 0.4) is 0 Å². The van der Waals surface area contributed by atoms with Gasteiger partial charge in [-0.2, -0.15) is 0 Å². The van der Waals surface area contributed by atoms with Gasteiger partial charge in [0.1, 0.15) is 0 Å². The Labute approximate surface area is 80.2 Å². The summed E-state index contributed by atoms with van der Waals surface area (Å²) in [5.41, 5.74) is 2.57. The first kappa shape index (κ1) is 8.98. The molecule has 0 saturated heterocycles. The summed E-state index contributed by atoms with van der Waals surface area (Å²) in [7, 11) is 0. The Morgan fingerprint density at radius 2 is 1.62 bits per heavy atom. The molecule has 1 heteroatoms. The van der Waals surface area contributed by atoms with E-state index in [1.165, 1.54) is 37.7 Å². The molecule has 72 valence electrons. The molecule has 2 aliphatic rings. The molecule has 0 amide bonds. The number of allylic oxidation sites excluding steroid dienone is 2. The predicted octanol–water partition coefficient (Wildman–Crippen LogP) is 3.10. The lowest BCUT2D eigenvalue weighted by atomic mass is 10.1. The van der Waals surface area contributed by atoms with Gasteiger partial charge in [-0.25, -0.2) is 0 Å². The monoisotopic (exact) mass is 178 g/mol. The number of rotatable bonds is 1. The number of ketones is 1. The predicted molar refractivity (Wildman–Crippen MR) is 53.4 cm³/mol. The van der Waals surface area contributed by atoms with Gasteiger partial charge in [0.25, 0.3) is 0 Å². The zero-order chi connectivity index (χ0) is 9.42. The van der Waals surface area contributed by atoms with Crippen LogP contribution < -0.4 is 0 Å². The van der Waals surface area contributed by atoms with E-state index in [2.05, 4.69) is 0 Å². The molecule has 0 aromatic heterocycles. The van der Waals surface area contributed by atoms with Crippen LogP contribution in [0.15, 0.2) is 11.1 Å². The second kappa shape index (κ2) is 3.28. The van der Waals surface area contributed by atoms with Crippen molar-refractivity contribution in [3.63, 3.8) is 0 Å². The molecule has 2 unspecified atom stereocenters. The molecule has 0 aromatic carbocycles. The first-order valence-electron chi connectivity index (χ1n) is 5.43. The lowest BCUT2D eigenvalue weighted by Gasteiger charge is -1.97.